The predicted molar refractivity (Wildman–Crippen MR) is 72.7 cm³/mol. The molecule has 2 N–H and O–H groups in total. The molecule has 21 heavy (non-hydrogen) atoms. The number of nitrogens with one attached hydrogen (secondary N) is 2. The van der Waals surface area contributed by atoms with E-state index in [4.69, 9.17) is 0 Å². The molecule has 0 saturated carbocycles. The number of carbonyl (C=O) groups excluding carboxylic acids is 1. The summed E-state index contributed by atoms with van der Waals surface area (Å²) in [6, 6.07) is 4.74. The highest BCUT2D eigenvalue weighted by atomic mass is 19.4. The number of hydrogen-bond acceptors (Lipinski definition) is 2. The summed E-state index contributed by atoms with van der Waals surface area (Å²) in [6.07, 6.45) is -3.64. The molecule has 0 radical (unpaired) electrons. The summed E-state index contributed by atoms with van der Waals surface area (Å²) in [4.78, 5) is 16.2. The normalized spacial score (nSPS) is 24.0. The molecule has 1 aromatic carbocycles. The average Bonchev–Trinajstić information content (AvgIpc) is 2.72. The van der Waals surface area contributed by atoms with Crippen LogP contribution in [-0.2, 0) is 16.5 Å². The molecule has 2 rings (SSSR count). The minimum Gasteiger partial charge on any atom is -0.338 e. The van der Waals surface area contributed by atoms with Crippen LogP contribution in [0.2, 0.25) is 0 Å². The summed E-state index contributed by atoms with van der Waals surface area (Å²) >= 11 is 0. The van der Waals surface area contributed by atoms with Crippen LogP contribution in [0.1, 0.15) is 31.4 Å². The van der Waals surface area contributed by atoms with E-state index in [1.807, 2.05) is 6.92 Å². The Bertz CT molecular complexity index is 583. The standard InChI is InChI=1S/C14H16F3N3O/c1-3-7-18-12-19-11(21)13(2,20-12)9-5-4-6-10(8-9)14(15,16)17/h4-6,8H,3,7H2,1-2H3,(H2,18,19,20,21). The van der Waals surface area contributed by atoms with Crippen LogP contribution in [0.5, 0.6) is 0 Å². The Labute approximate surface area is 120 Å². The van der Waals surface area contributed by atoms with Crippen molar-refractivity contribution in [1.29, 1.82) is 0 Å². The summed E-state index contributed by atoms with van der Waals surface area (Å²) in [6.45, 7) is 4.00. The largest absolute Gasteiger partial charge is 0.416 e. The van der Waals surface area contributed by atoms with Crippen molar-refractivity contribution in [2.45, 2.75) is 32.0 Å². The molecule has 1 heterocycles. The Morgan fingerprint density at radius 2 is 2.05 bits per heavy atom. The Balaban J connectivity index is 2.35. The number of aliphatic imine (C=N–C) groups is 1. The van der Waals surface area contributed by atoms with Gasteiger partial charge in [-0.2, -0.15) is 13.2 Å². The number of hydrogen-bond donors (Lipinski definition) is 2. The van der Waals surface area contributed by atoms with Gasteiger partial charge in [-0.05, 0) is 31.0 Å². The third-order valence-corrected chi connectivity index (χ3v) is 3.32. The van der Waals surface area contributed by atoms with Crippen molar-refractivity contribution in [1.82, 2.24) is 10.6 Å². The summed E-state index contributed by atoms with van der Waals surface area (Å²) in [7, 11) is 0. The molecule has 0 spiro atoms. The lowest BCUT2D eigenvalue weighted by atomic mass is 9.91. The fraction of sp³-hybridized carbons (Fsp3) is 0.429. The number of benzene rings is 1. The zero-order chi connectivity index (χ0) is 15.7. The van der Waals surface area contributed by atoms with Crippen molar-refractivity contribution in [3.63, 3.8) is 0 Å². The molecule has 4 nitrogen and oxygen atoms in total. The van der Waals surface area contributed by atoms with E-state index in [9.17, 15) is 18.0 Å². The highest BCUT2D eigenvalue weighted by molar-refractivity contribution is 6.09. The Morgan fingerprint density at radius 3 is 2.67 bits per heavy atom. The first kappa shape index (κ1) is 15.3. The molecular weight excluding hydrogens is 283 g/mol. The lowest BCUT2D eigenvalue weighted by molar-refractivity contribution is -0.137. The van der Waals surface area contributed by atoms with Gasteiger partial charge in [0.25, 0.3) is 5.91 Å². The molecule has 114 valence electrons. The van der Waals surface area contributed by atoms with Gasteiger partial charge in [-0.1, -0.05) is 19.1 Å². The van der Waals surface area contributed by atoms with Crippen molar-refractivity contribution in [2.75, 3.05) is 6.54 Å². The Morgan fingerprint density at radius 1 is 1.33 bits per heavy atom. The zero-order valence-corrected chi connectivity index (χ0v) is 11.7. The van der Waals surface area contributed by atoms with Crippen molar-refractivity contribution in [3.05, 3.63) is 35.4 Å². The number of amides is 1. The molecule has 1 atom stereocenters. The van der Waals surface area contributed by atoms with Crippen molar-refractivity contribution in [3.8, 4) is 0 Å². The van der Waals surface area contributed by atoms with Gasteiger partial charge in [0, 0.05) is 6.54 Å². The van der Waals surface area contributed by atoms with Gasteiger partial charge in [0.2, 0.25) is 0 Å². The zero-order valence-electron chi connectivity index (χ0n) is 11.7. The van der Waals surface area contributed by atoms with E-state index in [2.05, 4.69) is 15.6 Å². The van der Waals surface area contributed by atoms with E-state index in [1.54, 1.807) is 0 Å². The van der Waals surface area contributed by atoms with Gasteiger partial charge in [0.1, 0.15) is 5.54 Å². The van der Waals surface area contributed by atoms with E-state index in [1.165, 1.54) is 19.1 Å². The molecule has 1 amide bonds. The second kappa shape index (κ2) is 5.38. The van der Waals surface area contributed by atoms with Crippen LogP contribution in [0, 0.1) is 0 Å². The van der Waals surface area contributed by atoms with Crippen LogP contribution in [0.3, 0.4) is 0 Å². The second-order valence-electron chi connectivity index (χ2n) is 5.01. The van der Waals surface area contributed by atoms with Crippen LogP contribution >= 0.6 is 0 Å². The van der Waals surface area contributed by atoms with Gasteiger partial charge < -0.3 is 5.32 Å². The molecular formula is C14H16F3N3O. The number of nitrogens with zero attached hydrogens (tertiary/aromatic N) is 1. The van der Waals surface area contributed by atoms with E-state index in [0.717, 1.165) is 18.6 Å². The first-order valence-electron chi connectivity index (χ1n) is 6.59. The van der Waals surface area contributed by atoms with Crippen LogP contribution in [0.15, 0.2) is 29.3 Å². The lowest BCUT2D eigenvalue weighted by Gasteiger charge is -2.22. The minimum absolute atomic E-state index is 0.247. The predicted octanol–water partition coefficient (Wildman–Crippen LogP) is 2.41. The van der Waals surface area contributed by atoms with Gasteiger partial charge in [-0.15, -0.1) is 0 Å². The first-order valence-corrected chi connectivity index (χ1v) is 6.59. The van der Waals surface area contributed by atoms with Gasteiger partial charge in [-0.3, -0.25) is 15.1 Å². The number of guanidine groups is 1. The molecule has 0 aromatic heterocycles. The Kier molecular flexibility index (Phi) is 3.93. The van der Waals surface area contributed by atoms with Gasteiger partial charge >= 0.3 is 6.18 Å². The maximum atomic E-state index is 12.8. The molecule has 7 heteroatoms. The third-order valence-electron chi connectivity index (χ3n) is 3.32. The van der Waals surface area contributed by atoms with Crippen LogP contribution in [-0.4, -0.2) is 18.4 Å². The van der Waals surface area contributed by atoms with E-state index in [0.29, 0.717) is 12.5 Å². The molecule has 1 saturated heterocycles. The SMILES string of the molecule is CCCN=C1NC(=O)C(C)(c2cccc(C(F)(F)F)c2)N1. The smallest absolute Gasteiger partial charge is 0.338 e. The molecule has 1 fully saturated rings. The highest BCUT2D eigenvalue weighted by Crippen LogP contribution is 2.33. The second-order valence-corrected chi connectivity index (χ2v) is 5.01. The monoisotopic (exact) mass is 299 g/mol. The quantitative estimate of drug-likeness (QED) is 0.900. The van der Waals surface area contributed by atoms with Gasteiger partial charge in [-0.25, -0.2) is 0 Å². The topological polar surface area (TPSA) is 53.5 Å². The summed E-state index contributed by atoms with van der Waals surface area (Å²) in [5, 5.41) is 5.42. The van der Waals surface area contributed by atoms with Crippen LogP contribution < -0.4 is 10.6 Å². The highest BCUT2D eigenvalue weighted by Gasteiger charge is 2.43. The number of carbonyl (C=O) groups is 1. The summed E-state index contributed by atoms with van der Waals surface area (Å²) in [5.41, 5.74) is -1.79. The first-order chi connectivity index (χ1) is 9.77. The maximum Gasteiger partial charge on any atom is 0.416 e. The van der Waals surface area contributed by atoms with Crippen molar-refractivity contribution < 1.29 is 18.0 Å². The molecule has 1 unspecified atom stereocenters. The molecule has 1 aliphatic rings. The molecule has 1 aliphatic heterocycles. The number of halogens is 3. The van der Waals surface area contributed by atoms with E-state index >= 15 is 0 Å². The minimum atomic E-state index is -4.44. The van der Waals surface area contributed by atoms with E-state index in [-0.39, 0.29) is 5.56 Å². The molecule has 0 bridgehead atoms. The maximum absolute atomic E-state index is 12.8. The van der Waals surface area contributed by atoms with E-state index < -0.39 is 23.2 Å². The van der Waals surface area contributed by atoms with Gasteiger partial charge in [0.15, 0.2) is 5.96 Å². The molecule has 0 aliphatic carbocycles. The average molecular weight is 299 g/mol. The van der Waals surface area contributed by atoms with Crippen LogP contribution in [0.25, 0.3) is 0 Å². The lowest BCUT2D eigenvalue weighted by Crippen LogP contribution is -2.40. The van der Waals surface area contributed by atoms with Crippen LogP contribution in [0.4, 0.5) is 13.2 Å². The summed E-state index contributed by atoms with van der Waals surface area (Å²) < 4.78 is 38.3. The number of alkyl halides is 3. The molecule has 1 aromatic rings. The Hall–Kier alpha value is -2.05. The third kappa shape index (κ3) is 3.01. The fourth-order valence-electron chi connectivity index (χ4n) is 2.07. The fourth-order valence-corrected chi connectivity index (χ4v) is 2.07. The van der Waals surface area contributed by atoms with Crippen molar-refractivity contribution in [2.24, 2.45) is 4.99 Å². The van der Waals surface area contributed by atoms with Crippen molar-refractivity contribution >= 4 is 11.9 Å². The van der Waals surface area contributed by atoms with Gasteiger partial charge in [0.05, 0.1) is 5.56 Å². The number of rotatable bonds is 3. The summed E-state index contributed by atoms with van der Waals surface area (Å²) in [5.74, 6) is -0.126.